The van der Waals surface area contributed by atoms with E-state index in [1.807, 2.05) is 0 Å². The summed E-state index contributed by atoms with van der Waals surface area (Å²) in [4.78, 5) is 12.8. The number of carbonyl (C=O) groups excluding carboxylic acids is 1. The molecule has 0 N–H and O–H groups in total. The van der Waals surface area contributed by atoms with Gasteiger partial charge < -0.3 is 14.5 Å². The van der Waals surface area contributed by atoms with Crippen LogP contribution in [0.2, 0.25) is 5.02 Å². The van der Waals surface area contributed by atoms with Crippen LogP contribution in [0.1, 0.15) is 31.7 Å². The van der Waals surface area contributed by atoms with Crippen molar-refractivity contribution in [2.24, 2.45) is 0 Å². The highest BCUT2D eigenvalue weighted by atomic mass is 79.9. The summed E-state index contributed by atoms with van der Waals surface area (Å²) >= 11 is 9.02. The molecule has 1 aliphatic rings. The van der Waals surface area contributed by atoms with Crippen molar-refractivity contribution in [1.82, 2.24) is 4.90 Å². The topological polar surface area (TPSA) is 32.8 Å². The molecule has 0 unspecified atom stereocenters. The Kier molecular flexibility index (Phi) is 2.65. The molecule has 4 nitrogen and oxygen atoms in total. The number of piperazine rings is 1. The molecule has 6 heteroatoms. The number of ether oxygens (including phenoxy) is 1. The van der Waals surface area contributed by atoms with Gasteiger partial charge in [0.2, 0.25) is 0 Å². The van der Waals surface area contributed by atoms with Gasteiger partial charge in [0.25, 0.3) is 0 Å². The SMILES string of the molecule is [2H]C1([2H])N(C(=O)OC(C)(C)C)C([2H])([2H])C([2H])([2H])N(c2ccc(Cl)cc2Br)C1([2H])[2H]. The fourth-order valence-corrected chi connectivity index (χ4v) is 2.30. The first kappa shape index (κ1) is 8.63. The molecule has 21 heavy (non-hydrogen) atoms. The van der Waals surface area contributed by atoms with E-state index in [0.29, 0.717) is 4.90 Å². The molecule has 1 amide bonds. The third kappa shape index (κ3) is 4.51. The highest BCUT2D eigenvalue weighted by Gasteiger charge is 2.26. The zero-order chi connectivity index (χ0) is 22.8. The third-order valence-electron chi connectivity index (χ3n) is 2.27. The molecular weight excluding hydrogens is 356 g/mol. The van der Waals surface area contributed by atoms with Gasteiger partial charge in [0.05, 0.1) is 16.7 Å². The molecular formula is C15H20BrClN2O2. The van der Waals surface area contributed by atoms with Gasteiger partial charge in [-0.3, -0.25) is 0 Å². The first-order valence-corrected chi connectivity index (χ1v) is 7.24. The maximum Gasteiger partial charge on any atom is 0.410 e. The van der Waals surface area contributed by atoms with E-state index in [2.05, 4.69) is 15.9 Å². The van der Waals surface area contributed by atoms with E-state index in [4.69, 9.17) is 27.3 Å². The summed E-state index contributed by atoms with van der Waals surface area (Å²) < 4.78 is 71.7. The van der Waals surface area contributed by atoms with Crippen molar-refractivity contribution in [3.8, 4) is 0 Å². The minimum absolute atomic E-state index is 0.120. The summed E-state index contributed by atoms with van der Waals surface area (Å²) in [6.07, 6.45) is -1.52. The first-order valence-electron chi connectivity index (χ1n) is 10.1. The molecule has 2 rings (SSSR count). The summed E-state index contributed by atoms with van der Waals surface area (Å²) in [6.45, 7) is -8.61. The van der Waals surface area contributed by atoms with Crippen LogP contribution >= 0.6 is 27.5 Å². The molecule has 0 aliphatic carbocycles. The number of anilines is 1. The van der Waals surface area contributed by atoms with Crippen molar-refractivity contribution in [2.75, 3.05) is 30.9 Å². The van der Waals surface area contributed by atoms with Crippen LogP contribution in [0.5, 0.6) is 0 Å². The van der Waals surface area contributed by atoms with E-state index in [0.717, 1.165) is 0 Å². The lowest BCUT2D eigenvalue weighted by molar-refractivity contribution is 0.0240. The number of halogens is 2. The van der Waals surface area contributed by atoms with Crippen molar-refractivity contribution in [2.45, 2.75) is 26.4 Å². The molecule has 1 aliphatic heterocycles. The van der Waals surface area contributed by atoms with Gasteiger partial charge in [-0.1, -0.05) is 11.6 Å². The number of hydrogen-bond donors (Lipinski definition) is 0. The monoisotopic (exact) mass is 382 g/mol. The summed E-state index contributed by atoms with van der Waals surface area (Å²) in [5, 5.41) is 0.250. The Bertz CT molecular complexity index is 803. The Balaban J connectivity index is 2.74. The lowest BCUT2D eigenvalue weighted by Gasteiger charge is -2.37. The average Bonchev–Trinajstić information content (AvgIpc) is 2.45. The zero-order valence-electron chi connectivity index (χ0n) is 19.7. The predicted octanol–water partition coefficient (Wildman–Crippen LogP) is 4.16. The third-order valence-corrected chi connectivity index (χ3v) is 3.14. The van der Waals surface area contributed by atoms with Crippen LogP contribution in [0.25, 0.3) is 0 Å². The maximum atomic E-state index is 12.6. The van der Waals surface area contributed by atoms with Crippen LogP contribution in [-0.2, 0) is 4.74 Å². The van der Waals surface area contributed by atoms with E-state index < -0.39 is 37.7 Å². The molecule has 0 aromatic heterocycles. The standard InChI is InChI=1S/C15H20BrClN2O2/c1-15(2,3)21-14(20)19-8-6-18(7-9-19)13-5-4-11(17)10-12(13)16/h4-5,10H,6-9H2,1-3H3/i6D2,7D2,8D2,9D2. The molecule has 0 radical (unpaired) electrons. The minimum atomic E-state index is -3.32. The molecule has 1 fully saturated rings. The highest BCUT2D eigenvalue weighted by molar-refractivity contribution is 9.10. The van der Waals surface area contributed by atoms with Crippen LogP contribution < -0.4 is 4.90 Å². The predicted molar refractivity (Wildman–Crippen MR) is 89.2 cm³/mol. The second kappa shape index (κ2) is 6.44. The number of amides is 1. The summed E-state index contributed by atoms with van der Waals surface area (Å²) in [6, 6.07) is 3.91. The Morgan fingerprint density at radius 1 is 1.33 bits per heavy atom. The number of hydrogen-bond acceptors (Lipinski definition) is 3. The minimum Gasteiger partial charge on any atom is -0.444 e. The highest BCUT2D eigenvalue weighted by Crippen LogP contribution is 2.30. The average molecular weight is 384 g/mol. The largest absolute Gasteiger partial charge is 0.444 e. The Labute approximate surface area is 150 Å². The molecule has 1 aromatic rings. The van der Waals surface area contributed by atoms with Gasteiger partial charge in [-0.05, 0) is 54.9 Å². The Hall–Kier alpha value is -0.940. The number of carbonyl (C=O) groups is 1. The van der Waals surface area contributed by atoms with Crippen LogP contribution in [-0.4, -0.2) is 42.6 Å². The van der Waals surface area contributed by atoms with Crippen LogP contribution in [0.15, 0.2) is 22.7 Å². The first-order chi connectivity index (χ1) is 12.8. The number of rotatable bonds is 1. The molecule has 1 saturated heterocycles. The molecule has 0 atom stereocenters. The van der Waals surface area contributed by atoms with E-state index >= 15 is 0 Å². The van der Waals surface area contributed by atoms with Crippen LogP contribution in [0.3, 0.4) is 0 Å². The van der Waals surface area contributed by atoms with E-state index in [1.54, 1.807) is 0 Å². The lowest BCUT2D eigenvalue weighted by Crippen LogP contribution is -2.50. The van der Waals surface area contributed by atoms with Gasteiger partial charge >= 0.3 is 6.09 Å². The summed E-state index contributed by atoms with van der Waals surface area (Å²) in [5.74, 6) is 0. The van der Waals surface area contributed by atoms with Gasteiger partial charge in [-0.15, -0.1) is 0 Å². The molecule has 116 valence electrons. The van der Waals surface area contributed by atoms with Crippen molar-refractivity contribution < 1.29 is 20.5 Å². The van der Waals surface area contributed by atoms with Crippen molar-refractivity contribution in [1.29, 1.82) is 0 Å². The van der Waals surface area contributed by atoms with Crippen LogP contribution in [0, 0.1) is 0 Å². The Morgan fingerprint density at radius 3 is 2.48 bits per heavy atom. The summed E-state index contributed by atoms with van der Waals surface area (Å²) in [5.41, 5.74) is -1.32. The van der Waals surface area contributed by atoms with Crippen LogP contribution in [0.4, 0.5) is 10.5 Å². The van der Waals surface area contributed by atoms with E-state index in [-0.39, 0.29) is 20.1 Å². The van der Waals surface area contributed by atoms with Crippen molar-refractivity contribution >= 4 is 39.3 Å². The molecule has 0 spiro atoms. The van der Waals surface area contributed by atoms with Gasteiger partial charge in [-0.2, -0.15) is 0 Å². The zero-order valence-corrected chi connectivity index (χ0v) is 14.0. The molecule has 0 bridgehead atoms. The Morgan fingerprint density at radius 2 is 1.95 bits per heavy atom. The second-order valence-corrected chi connectivity index (χ2v) is 6.48. The number of nitrogens with zero attached hydrogens (tertiary/aromatic N) is 2. The van der Waals surface area contributed by atoms with Gasteiger partial charge in [0.1, 0.15) is 5.60 Å². The molecule has 1 heterocycles. The van der Waals surface area contributed by atoms with Crippen molar-refractivity contribution in [3.05, 3.63) is 27.7 Å². The van der Waals surface area contributed by atoms with Crippen molar-refractivity contribution in [3.63, 3.8) is 0 Å². The fraction of sp³-hybridized carbons (Fsp3) is 0.533. The quantitative estimate of drug-likeness (QED) is 0.730. The van der Waals surface area contributed by atoms with E-state index in [9.17, 15) is 4.79 Å². The normalized spacial score (nSPS) is 31.3. The fourth-order valence-electron chi connectivity index (χ4n) is 1.44. The van der Waals surface area contributed by atoms with Gasteiger partial charge in [0, 0.05) is 35.5 Å². The number of benzene rings is 1. The molecule has 1 aromatic carbocycles. The smallest absolute Gasteiger partial charge is 0.410 e. The lowest BCUT2D eigenvalue weighted by atomic mass is 10.2. The molecule has 0 saturated carbocycles. The van der Waals surface area contributed by atoms with Gasteiger partial charge in [0.15, 0.2) is 0 Å². The summed E-state index contributed by atoms with van der Waals surface area (Å²) in [7, 11) is 0. The van der Waals surface area contributed by atoms with Gasteiger partial charge in [-0.25, -0.2) is 4.79 Å². The van der Waals surface area contributed by atoms with E-state index in [1.165, 1.54) is 39.0 Å². The second-order valence-electron chi connectivity index (χ2n) is 5.19. The maximum absolute atomic E-state index is 12.6.